The minimum absolute atomic E-state index is 0.267. The quantitative estimate of drug-likeness (QED) is 0.347. The normalized spacial score (nSPS) is 11.2. The van der Waals surface area contributed by atoms with Crippen molar-refractivity contribution in [2.75, 3.05) is 19.5 Å². The molecule has 1 aromatic carbocycles. The average molecular weight is 480 g/mol. The number of nitrogens with zero attached hydrogens (tertiary/aromatic N) is 2. The Hall–Kier alpha value is -3.07. The molecule has 0 radical (unpaired) electrons. The summed E-state index contributed by atoms with van der Waals surface area (Å²) in [4.78, 5) is 34.8. The third kappa shape index (κ3) is 5.13. The highest BCUT2D eigenvalue weighted by Crippen LogP contribution is 2.36. The molecule has 4 rings (SSSR count). The Morgan fingerprint density at radius 3 is 2.64 bits per heavy atom. The number of hydrogen-bond donors (Lipinski definition) is 1. The number of anilines is 1. The molecule has 0 bridgehead atoms. The first-order chi connectivity index (χ1) is 15.9. The monoisotopic (exact) mass is 479 g/mol. The van der Waals surface area contributed by atoms with E-state index in [9.17, 15) is 9.59 Å². The van der Waals surface area contributed by atoms with Crippen LogP contribution in [-0.4, -0.2) is 35.9 Å². The van der Waals surface area contributed by atoms with Crippen molar-refractivity contribution in [1.82, 2.24) is 9.88 Å². The van der Waals surface area contributed by atoms with E-state index in [2.05, 4.69) is 28.7 Å². The van der Waals surface area contributed by atoms with Crippen molar-refractivity contribution < 1.29 is 14.3 Å². The van der Waals surface area contributed by atoms with Gasteiger partial charge in [0.15, 0.2) is 0 Å². The van der Waals surface area contributed by atoms with Crippen LogP contribution < -0.4 is 5.32 Å². The maximum atomic E-state index is 13.0. The number of aromatic nitrogens is 1. The van der Waals surface area contributed by atoms with Crippen LogP contribution in [0.4, 0.5) is 5.69 Å². The van der Waals surface area contributed by atoms with Gasteiger partial charge in [-0.1, -0.05) is 23.8 Å². The first-order valence-electron chi connectivity index (χ1n) is 10.5. The first kappa shape index (κ1) is 23.1. The highest BCUT2D eigenvalue weighted by Gasteiger charge is 2.23. The second-order valence-corrected chi connectivity index (χ2v) is 10.0. The number of amides is 1. The first-order valence-corrected chi connectivity index (χ1v) is 12.2. The fourth-order valence-electron chi connectivity index (χ4n) is 3.72. The van der Waals surface area contributed by atoms with E-state index in [1.165, 1.54) is 23.3 Å². The van der Waals surface area contributed by atoms with E-state index in [1.807, 2.05) is 44.2 Å². The zero-order valence-electron chi connectivity index (χ0n) is 19.0. The number of aryl methyl sites for hydroxylation is 2. The predicted octanol–water partition coefficient (Wildman–Crippen LogP) is 5.65. The molecule has 1 N–H and O–H groups in total. The second-order valence-electron chi connectivity index (χ2n) is 7.98. The molecule has 1 amide bonds. The molecule has 3 heterocycles. The van der Waals surface area contributed by atoms with Gasteiger partial charge in [-0.3, -0.25) is 9.69 Å². The smallest absolute Gasteiger partial charge is 0.350 e. The maximum Gasteiger partial charge on any atom is 0.350 e. The Bertz CT molecular complexity index is 1310. The molecule has 33 heavy (non-hydrogen) atoms. The summed E-state index contributed by atoms with van der Waals surface area (Å²) < 4.78 is 4.97. The van der Waals surface area contributed by atoms with E-state index in [0.29, 0.717) is 27.5 Å². The zero-order valence-corrected chi connectivity index (χ0v) is 20.6. The van der Waals surface area contributed by atoms with Crippen molar-refractivity contribution >= 4 is 50.5 Å². The average Bonchev–Trinajstić information content (AvgIpc) is 3.40. The Morgan fingerprint density at radius 2 is 1.94 bits per heavy atom. The van der Waals surface area contributed by atoms with Crippen molar-refractivity contribution in [2.45, 2.75) is 26.9 Å². The molecule has 0 spiro atoms. The van der Waals surface area contributed by atoms with E-state index >= 15 is 0 Å². The number of pyridine rings is 1. The number of methoxy groups -OCH3 is 1. The summed E-state index contributed by atoms with van der Waals surface area (Å²) in [6.45, 7) is 5.39. The fourth-order valence-corrected chi connectivity index (χ4v) is 5.57. The van der Waals surface area contributed by atoms with E-state index in [0.717, 1.165) is 28.8 Å². The van der Waals surface area contributed by atoms with E-state index in [4.69, 9.17) is 9.72 Å². The highest BCUT2D eigenvalue weighted by atomic mass is 32.1. The topological polar surface area (TPSA) is 71.5 Å². The lowest BCUT2D eigenvalue weighted by atomic mass is 10.1. The number of fused-ring (bicyclic) bond motifs is 1. The van der Waals surface area contributed by atoms with Gasteiger partial charge in [0.25, 0.3) is 5.91 Å². The summed E-state index contributed by atoms with van der Waals surface area (Å²) in [6, 6.07) is 13.7. The lowest BCUT2D eigenvalue weighted by molar-refractivity contribution is 0.0607. The molecule has 170 valence electrons. The SMILES string of the molecule is COC(=O)c1sc2nc(CN(C)Cc3cccs3)ccc2c1NC(=O)c1ccc(C)cc1C. The highest BCUT2D eigenvalue weighted by molar-refractivity contribution is 7.21. The van der Waals surface area contributed by atoms with Gasteiger partial charge in [0.2, 0.25) is 0 Å². The van der Waals surface area contributed by atoms with Gasteiger partial charge < -0.3 is 10.1 Å². The number of carbonyl (C=O) groups excluding carboxylic acids is 2. The van der Waals surface area contributed by atoms with Crippen LogP contribution in [0, 0.1) is 13.8 Å². The van der Waals surface area contributed by atoms with Crippen LogP contribution in [0.3, 0.4) is 0 Å². The molecule has 0 aliphatic rings. The summed E-state index contributed by atoms with van der Waals surface area (Å²) in [5.41, 5.74) is 3.86. The predicted molar refractivity (Wildman–Crippen MR) is 134 cm³/mol. The Balaban J connectivity index is 1.63. The van der Waals surface area contributed by atoms with Crippen LogP contribution in [-0.2, 0) is 17.8 Å². The van der Waals surface area contributed by atoms with Crippen LogP contribution in [0.15, 0.2) is 47.8 Å². The van der Waals surface area contributed by atoms with E-state index in [-0.39, 0.29) is 5.91 Å². The number of rotatable bonds is 7. The van der Waals surface area contributed by atoms with Crippen molar-refractivity contribution in [1.29, 1.82) is 0 Å². The molecule has 0 saturated carbocycles. The van der Waals surface area contributed by atoms with Crippen LogP contribution >= 0.6 is 22.7 Å². The Morgan fingerprint density at radius 1 is 1.12 bits per heavy atom. The van der Waals surface area contributed by atoms with Gasteiger partial charge in [0, 0.05) is 28.9 Å². The molecule has 4 aromatic rings. The minimum Gasteiger partial charge on any atom is -0.465 e. The number of ether oxygens (including phenoxy) is 1. The number of esters is 1. The summed E-state index contributed by atoms with van der Waals surface area (Å²) >= 11 is 2.96. The van der Waals surface area contributed by atoms with Crippen molar-refractivity contribution in [2.24, 2.45) is 0 Å². The van der Waals surface area contributed by atoms with Crippen LogP contribution in [0.2, 0.25) is 0 Å². The van der Waals surface area contributed by atoms with Gasteiger partial charge in [-0.15, -0.1) is 22.7 Å². The second kappa shape index (κ2) is 9.82. The van der Waals surface area contributed by atoms with E-state index in [1.54, 1.807) is 17.4 Å². The third-order valence-corrected chi connectivity index (χ3v) is 7.23. The molecular formula is C25H25N3O3S2. The van der Waals surface area contributed by atoms with Gasteiger partial charge in [-0.05, 0) is 56.1 Å². The molecule has 0 fully saturated rings. The molecule has 0 unspecified atom stereocenters. The summed E-state index contributed by atoms with van der Waals surface area (Å²) in [5, 5.41) is 5.73. The van der Waals surface area contributed by atoms with Gasteiger partial charge >= 0.3 is 5.97 Å². The molecule has 8 heteroatoms. The number of nitrogens with one attached hydrogen (secondary N) is 1. The number of benzene rings is 1. The molecule has 0 aliphatic carbocycles. The number of thiophene rings is 2. The summed E-state index contributed by atoms with van der Waals surface area (Å²) in [7, 11) is 3.39. The third-order valence-electron chi connectivity index (χ3n) is 5.29. The van der Waals surface area contributed by atoms with Gasteiger partial charge in [-0.2, -0.15) is 0 Å². The van der Waals surface area contributed by atoms with E-state index < -0.39 is 5.97 Å². The molecular weight excluding hydrogens is 454 g/mol. The Kier molecular flexibility index (Phi) is 6.88. The van der Waals surface area contributed by atoms with Crippen LogP contribution in [0.25, 0.3) is 10.2 Å². The van der Waals surface area contributed by atoms with Gasteiger partial charge in [-0.25, -0.2) is 9.78 Å². The van der Waals surface area contributed by atoms with Crippen LogP contribution in [0.5, 0.6) is 0 Å². The van der Waals surface area contributed by atoms with Crippen LogP contribution in [0.1, 0.15) is 41.7 Å². The molecule has 6 nitrogen and oxygen atoms in total. The van der Waals surface area contributed by atoms with Crippen molar-refractivity contribution in [3.63, 3.8) is 0 Å². The summed E-state index contributed by atoms with van der Waals surface area (Å²) in [5.74, 6) is -0.762. The molecule has 0 atom stereocenters. The van der Waals surface area contributed by atoms with Gasteiger partial charge in [0.05, 0.1) is 18.5 Å². The van der Waals surface area contributed by atoms with Gasteiger partial charge in [0.1, 0.15) is 9.71 Å². The lowest BCUT2D eigenvalue weighted by Gasteiger charge is -2.15. The van der Waals surface area contributed by atoms with Crippen molar-refractivity contribution in [3.05, 3.63) is 80.0 Å². The Labute approximate surface area is 200 Å². The lowest BCUT2D eigenvalue weighted by Crippen LogP contribution is -2.17. The fraction of sp³-hybridized carbons (Fsp3) is 0.240. The molecule has 3 aromatic heterocycles. The standard InChI is InChI=1S/C25H25N3O3S2/c1-15-7-9-19(16(2)12-15)23(29)27-21-20-10-8-17(13-28(3)14-18-6-5-11-32-18)26-24(20)33-22(21)25(30)31-4/h5-12H,13-14H2,1-4H3,(H,27,29). The summed E-state index contributed by atoms with van der Waals surface area (Å²) in [6.07, 6.45) is 0. The maximum absolute atomic E-state index is 13.0. The number of carbonyl (C=O) groups is 2. The largest absolute Gasteiger partial charge is 0.465 e. The van der Waals surface area contributed by atoms with Crippen molar-refractivity contribution in [3.8, 4) is 0 Å². The zero-order chi connectivity index (χ0) is 23.5. The molecule has 0 aliphatic heterocycles. The minimum atomic E-state index is -0.495. The number of hydrogen-bond acceptors (Lipinski definition) is 7. The molecule has 0 saturated heterocycles.